The van der Waals surface area contributed by atoms with Crippen LogP contribution in [0, 0.1) is 10.1 Å². The maximum absolute atomic E-state index is 11.3. The number of benzene rings is 1. The van der Waals surface area contributed by atoms with Crippen LogP contribution in [0.15, 0.2) is 18.2 Å². The molecular formula is C11H10N2O6. The number of nitro groups is 1. The molecule has 0 saturated heterocycles. The number of rotatable bonds is 5. The van der Waals surface area contributed by atoms with Crippen molar-refractivity contribution in [2.45, 2.75) is 13.3 Å². The summed E-state index contributed by atoms with van der Waals surface area (Å²) in [6, 6.07) is 3.07. The topological polar surface area (TPSA) is 127 Å². The summed E-state index contributed by atoms with van der Waals surface area (Å²) in [6.07, 6.45) is -0.405. The van der Waals surface area contributed by atoms with Gasteiger partial charge in [-0.2, -0.15) is 0 Å². The van der Waals surface area contributed by atoms with E-state index in [0.717, 1.165) is 18.2 Å². The number of carbonyl (C=O) groups is 3. The number of nitrogens with zero attached hydrogens (tertiary/aromatic N) is 1. The van der Waals surface area contributed by atoms with Gasteiger partial charge in [-0.3, -0.25) is 19.7 Å². The van der Waals surface area contributed by atoms with Crippen LogP contribution in [0.25, 0.3) is 0 Å². The lowest BCUT2D eigenvalue weighted by atomic mass is 10.1. The van der Waals surface area contributed by atoms with Crippen molar-refractivity contribution in [1.29, 1.82) is 0 Å². The fourth-order valence-corrected chi connectivity index (χ4v) is 1.34. The Kier molecular flexibility index (Phi) is 4.30. The van der Waals surface area contributed by atoms with E-state index < -0.39 is 28.9 Å². The SMILES string of the molecule is CC(=O)CC(=O)Nc1ccc(C(=O)O)cc1[N+](=O)[O-]. The highest BCUT2D eigenvalue weighted by Gasteiger charge is 2.19. The Morgan fingerprint density at radius 2 is 2.00 bits per heavy atom. The average Bonchev–Trinajstić information content (AvgIpc) is 2.27. The number of carboxylic acid groups (broad SMARTS) is 1. The van der Waals surface area contributed by atoms with Gasteiger partial charge >= 0.3 is 5.97 Å². The third kappa shape index (κ3) is 3.87. The van der Waals surface area contributed by atoms with Gasteiger partial charge in [0.25, 0.3) is 5.69 Å². The smallest absolute Gasteiger partial charge is 0.335 e. The summed E-state index contributed by atoms with van der Waals surface area (Å²) in [5, 5.41) is 21.7. The monoisotopic (exact) mass is 266 g/mol. The molecule has 2 N–H and O–H groups in total. The van der Waals surface area contributed by atoms with Crippen LogP contribution in [0.1, 0.15) is 23.7 Å². The fraction of sp³-hybridized carbons (Fsp3) is 0.182. The number of Topliss-reactive ketones (excluding diaryl/α,β-unsaturated/α-hetero) is 1. The fourth-order valence-electron chi connectivity index (χ4n) is 1.34. The first-order valence-corrected chi connectivity index (χ1v) is 5.12. The predicted molar refractivity (Wildman–Crippen MR) is 64.0 cm³/mol. The molecule has 0 spiro atoms. The molecule has 19 heavy (non-hydrogen) atoms. The largest absolute Gasteiger partial charge is 0.478 e. The number of hydrogen-bond donors (Lipinski definition) is 2. The molecule has 0 atom stereocenters. The van der Waals surface area contributed by atoms with Crippen molar-refractivity contribution in [3.8, 4) is 0 Å². The predicted octanol–water partition coefficient (Wildman–Crippen LogP) is 1.21. The first kappa shape index (κ1) is 14.3. The molecule has 8 nitrogen and oxygen atoms in total. The molecular weight excluding hydrogens is 256 g/mol. The molecule has 0 aliphatic rings. The van der Waals surface area contributed by atoms with Gasteiger partial charge in [-0.05, 0) is 19.1 Å². The molecule has 0 radical (unpaired) electrons. The van der Waals surface area contributed by atoms with Crippen molar-refractivity contribution in [3.05, 3.63) is 33.9 Å². The van der Waals surface area contributed by atoms with Crippen LogP contribution in [0.5, 0.6) is 0 Å². The van der Waals surface area contributed by atoms with Gasteiger partial charge in [0.1, 0.15) is 11.5 Å². The van der Waals surface area contributed by atoms with Crippen molar-refractivity contribution in [3.63, 3.8) is 0 Å². The Hall–Kier alpha value is -2.77. The summed E-state index contributed by atoms with van der Waals surface area (Å²) in [5.74, 6) is -2.40. The van der Waals surface area contributed by atoms with E-state index in [2.05, 4.69) is 5.32 Å². The Labute approximate surface area is 107 Å². The highest BCUT2D eigenvalue weighted by Crippen LogP contribution is 2.25. The Morgan fingerprint density at radius 1 is 1.37 bits per heavy atom. The minimum atomic E-state index is -1.32. The maximum atomic E-state index is 11.3. The molecule has 0 aromatic heterocycles. The summed E-state index contributed by atoms with van der Waals surface area (Å²) in [7, 11) is 0. The van der Waals surface area contributed by atoms with Gasteiger partial charge in [0.05, 0.1) is 16.9 Å². The molecule has 0 aliphatic carbocycles. The first-order valence-electron chi connectivity index (χ1n) is 5.12. The van der Waals surface area contributed by atoms with Gasteiger partial charge < -0.3 is 10.4 Å². The molecule has 0 bridgehead atoms. The van der Waals surface area contributed by atoms with E-state index in [1.165, 1.54) is 6.92 Å². The summed E-state index contributed by atoms with van der Waals surface area (Å²) >= 11 is 0. The number of aromatic carboxylic acids is 1. The second kappa shape index (κ2) is 5.71. The maximum Gasteiger partial charge on any atom is 0.335 e. The van der Waals surface area contributed by atoms with Gasteiger partial charge in [-0.1, -0.05) is 0 Å². The molecule has 1 amide bonds. The number of hydrogen-bond acceptors (Lipinski definition) is 5. The van der Waals surface area contributed by atoms with Crippen molar-refractivity contribution < 1.29 is 24.4 Å². The van der Waals surface area contributed by atoms with Crippen LogP contribution in [-0.2, 0) is 9.59 Å². The van der Waals surface area contributed by atoms with E-state index in [9.17, 15) is 24.5 Å². The molecule has 100 valence electrons. The highest BCUT2D eigenvalue weighted by atomic mass is 16.6. The summed E-state index contributed by atoms with van der Waals surface area (Å²) < 4.78 is 0. The first-order chi connectivity index (χ1) is 8.81. The van der Waals surface area contributed by atoms with Crippen molar-refractivity contribution in [2.24, 2.45) is 0 Å². The van der Waals surface area contributed by atoms with Crippen molar-refractivity contribution in [1.82, 2.24) is 0 Å². The van der Waals surface area contributed by atoms with Gasteiger partial charge in [-0.25, -0.2) is 4.79 Å². The standard InChI is InChI=1S/C11H10N2O6/c1-6(14)4-10(15)12-8-3-2-7(11(16)17)5-9(8)13(18)19/h2-3,5H,4H2,1H3,(H,12,15)(H,16,17). The molecule has 0 saturated carbocycles. The van der Waals surface area contributed by atoms with Crippen LogP contribution >= 0.6 is 0 Å². The summed E-state index contributed by atoms with van der Waals surface area (Å²) in [5.41, 5.74) is -0.964. The third-order valence-corrected chi connectivity index (χ3v) is 2.12. The van der Waals surface area contributed by atoms with Crippen LogP contribution < -0.4 is 5.32 Å². The summed E-state index contributed by atoms with van der Waals surface area (Å²) in [4.78, 5) is 42.8. The van der Waals surface area contributed by atoms with Crippen LogP contribution in [0.3, 0.4) is 0 Å². The van der Waals surface area contributed by atoms with E-state index in [-0.39, 0.29) is 17.0 Å². The number of carbonyl (C=O) groups excluding carboxylic acids is 2. The van der Waals surface area contributed by atoms with E-state index in [0.29, 0.717) is 0 Å². The number of nitrogens with one attached hydrogen (secondary N) is 1. The lowest BCUT2D eigenvalue weighted by Crippen LogP contribution is -2.16. The van der Waals surface area contributed by atoms with E-state index in [1.807, 2.05) is 0 Å². The van der Waals surface area contributed by atoms with E-state index in [4.69, 9.17) is 5.11 Å². The van der Waals surface area contributed by atoms with Gasteiger partial charge in [0.15, 0.2) is 0 Å². The molecule has 1 rings (SSSR count). The Balaban J connectivity index is 3.07. The Bertz CT molecular complexity index is 566. The number of ketones is 1. The van der Waals surface area contributed by atoms with Crippen LogP contribution in [0.2, 0.25) is 0 Å². The zero-order valence-corrected chi connectivity index (χ0v) is 9.87. The zero-order valence-electron chi connectivity index (χ0n) is 9.87. The molecule has 1 aromatic rings. The van der Waals surface area contributed by atoms with E-state index >= 15 is 0 Å². The number of amides is 1. The lowest BCUT2D eigenvalue weighted by Gasteiger charge is -2.05. The zero-order chi connectivity index (χ0) is 14.6. The van der Waals surface area contributed by atoms with Gasteiger partial charge in [0, 0.05) is 6.07 Å². The van der Waals surface area contributed by atoms with E-state index in [1.54, 1.807) is 0 Å². The van der Waals surface area contributed by atoms with Crippen molar-refractivity contribution in [2.75, 3.05) is 5.32 Å². The minimum absolute atomic E-state index is 0.152. The lowest BCUT2D eigenvalue weighted by molar-refractivity contribution is -0.384. The second-order valence-electron chi connectivity index (χ2n) is 3.72. The highest BCUT2D eigenvalue weighted by molar-refractivity contribution is 6.04. The molecule has 0 fully saturated rings. The quantitative estimate of drug-likeness (QED) is 0.468. The molecule has 0 heterocycles. The summed E-state index contributed by atoms with van der Waals surface area (Å²) in [6.45, 7) is 1.21. The van der Waals surface area contributed by atoms with Crippen molar-refractivity contribution >= 4 is 29.0 Å². The van der Waals surface area contributed by atoms with Crippen LogP contribution in [0.4, 0.5) is 11.4 Å². The third-order valence-electron chi connectivity index (χ3n) is 2.12. The number of anilines is 1. The number of nitro benzene ring substituents is 1. The Morgan fingerprint density at radius 3 is 2.47 bits per heavy atom. The molecule has 8 heteroatoms. The average molecular weight is 266 g/mol. The normalized spacial score (nSPS) is 9.74. The molecule has 0 aliphatic heterocycles. The second-order valence-corrected chi connectivity index (χ2v) is 3.72. The minimum Gasteiger partial charge on any atom is -0.478 e. The van der Waals surface area contributed by atoms with Crippen LogP contribution in [-0.4, -0.2) is 27.7 Å². The molecule has 0 unspecified atom stereocenters. The van der Waals surface area contributed by atoms with Gasteiger partial charge in [-0.15, -0.1) is 0 Å². The number of carboxylic acids is 1. The molecule has 1 aromatic carbocycles. The van der Waals surface area contributed by atoms with Gasteiger partial charge in [0.2, 0.25) is 5.91 Å².